The molecule has 0 saturated heterocycles. The van der Waals surface area contributed by atoms with Gasteiger partial charge in [0.05, 0.1) is 18.5 Å². The number of halogens is 1. The van der Waals surface area contributed by atoms with Crippen LogP contribution in [-0.4, -0.2) is 35.2 Å². The van der Waals surface area contributed by atoms with Crippen molar-refractivity contribution in [2.24, 2.45) is 5.73 Å². The summed E-state index contributed by atoms with van der Waals surface area (Å²) in [7, 11) is 1.48. The van der Waals surface area contributed by atoms with Crippen molar-refractivity contribution in [3.8, 4) is 5.75 Å². The number of hydrogen-bond donors (Lipinski definition) is 3. The maximum Gasteiger partial charge on any atom is 0.273 e. The molecule has 1 aromatic heterocycles. The molecule has 1 fully saturated rings. The van der Waals surface area contributed by atoms with Crippen molar-refractivity contribution in [1.82, 2.24) is 9.69 Å². The fraction of sp³-hybridized carbons (Fsp3) is 0.308. The van der Waals surface area contributed by atoms with E-state index in [1.165, 1.54) is 12.0 Å². The predicted molar refractivity (Wildman–Crippen MR) is 144 cm³/mol. The maximum absolute atomic E-state index is 14.2. The van der Waals surface area contributed by atoms with Gasteiger partial charge in [-0.15, -0.1) is 0 Å². The minimum Gasteiger partial charge on any atom is -0.495 e. The van der Waals surface area contributed by atoms with Crippen LogP contribution >= 0.6 is 23.1 Å². The van der Waals surface area contributed by atoms with Gasteiger partial charge >= 0.3 is 0 Å². The molecule has 1 atom stereocenters. The number of carbonyl (C=O) groups excluding carboxylic acids is 3. The van der Waals surface area contributed by atoms with Crippen LogP contribution in [-0.2, 0) is 4.79 Å². The molecule has 1 aliphatic rings. The Kier molecular flexibility index (Phi) is 8.30. The molecule has 1 saturated carbocycles. The normalized spacial score (nSPS) is 14.5. The highest BCUT2D eigenvalue weighted by Crippen LogP contribution is 2.38. The molecule has 5 N–H and O–H groups in total. The van der Waals surface area contributed by atoms with Gasteiger partial charge in [-0.05, 0) is 54.2 Å². The van der Waals surface area contributed by atoms with Crippen LogP contribution in [0.1, 0.15) is 63.9 Å². The lowest BCUT2D eigenvalue weighted by Crippen LogP contribution is -2.47. The Hall–Kier alpha value is -3.63. The molecule has 194 valence electrons. The number of hydrogen-bond acceptors (Lipinski definition) is 7. The molecule has 9 nitrogen and oxygen atoms in total. The van der Waals surface area contributed by atoms with E-state index in [9.17, 15) is 14.4 Å². The summed E-state index contributed by atoms with van der Waals surface area (Å²) in [5.41, 5.74) is 12.1. The quantitative estimate of drug-likeness (QED) is 0.388. The third kappa shape index (κ3) is 5.70. The molecule has 37 heavy (non-hydrogen) atoms. The lowest BCUT2D eigenvalue weighted by molar-refractivity contribution is -0.123. The van der Waals surface area contributed by atoms with E-state index in [4.69, 9.17) is 27.8 Å². The molecule has 2 aromatic carbocycles. The molecule has 11 heteroatoms. The van der Waals surface area contributed by atoms with Crippen LogP contribution in [0.2, 0.25) is 5.02 Å². The van der Waals surface area contributed by atoms with Gasteiger partial charge in [-0.2, -0.15) is 4.37 Å². The van der Waals surface area contributed by atoms with Crippen LogP contribution in [0.3, 0.4) is 0 Å². The van der Waals surface area contributed by atoms with Crippen molar-refractivity contribution in [1.29, 1.82) is 0 Å². The van der Waals surface area contributed by atoms with Gasteiger partial charge in [0.15, 0.2) is 5.69 Å². The van der Waals surface area contributed by atoms with E-state index in [0.717, 1.165) is 43.6 Å². The van der Waals surface area contributed by atoms with Gasteiger partial charge in [-0.3, -0.25) is 19.3 Å². The van der Waals surface area contributed by atoms with Gasteiger partial charge in [-0.1, -0.05) is 55.1 Å². The first-order valence-corrected chi connectivity index (χ1v) is 13.0. The summed E-state index contributed by atoms with van der Waals surface area (Å²) < 4.78 is 9.54. The van der Waals surface area contributed by atoms with Gasteiger partial charge in [-0.25, -0.2) is 0 Å². The van der Waals surface area contributed by atoms with Crippen LogP contribution in [0.15, 0.2) is 48.5 Å². The molecule has 0 radical (unpaired) electrons. The number of nitrogens with two attached hydrogens (primary N) is 2. The van der Waals surface area contributed by atoms with Crippen molar-refractivity contribution >= 4 is 52.2 Å². The van der Waals surface area contributed by atoms with Gasteiger partial charge in [0, 0.05) is 11.1 Å². The van der Waals surface area contributed by atoms with E-state index in [2.05, 4.69) is 9.69 Å². The Labute approximate surface area is 223 Å². The zero-order valence-corrected chi connectivity index (χ0v) is 21.8. The fourth-order valence-electron chi connectivity index (χ4n) is 4.52. The van der Waals surface area contributed by atoms with Crippen LogP contribution in [0.5, 0.6) is 5.75 Å². The number of methoxy groups -OCH3 is 1. The molecular weight excluding hydrogens is 514 g/mol. The van der Waals surface area contributed by atoms with Crippen molar-refractivity contribution in [3.05, 3.63) is 69.7 Å². The summed E-state index contributed by atoms with van der Waals surface area (Å²) in [5, 5.41) is 3.63. The van der Waals surface area contributed by atoms with E-state index in [1.54, 1.807) is 48.5 Å². The Morgan fingerprint density at radius 3 is 2.41 bits per heavy atom. The largest absolute Gasteiger partial charge is 0.495 e. The zero-order valence-electron chi connectivity index (χ0n) is 20.3. The monoisotopic (exact) mass is 541 g/mol. The molecule has 0 spiro atoms. The molecule has 0 bridgehead atoms. The first-order valence-electron chi connectivity index (χ1n) is 11.9. The van der Waals surface area contributed by atoms with E-state index in [0.29, 0.717) is 22.0 Å². The first-order chi connectivity index (χ1) is 17.8. The van der Waals surface area contributed by atoms with E-state index in [1.807, 2.05) is 0 Å². The number of aromatic nitrogens is 1. The highest BCUT2D eigenvalue weighted by Gasteiger charge is 2.38. The Morgan fingerprint density at radius 2 is 1.78 bits per heavy atom. The molecular formula is C26H28ClN5O4S. The number of nitrogen functional groups attached to an aromatic ring is 1. The molecule has 0 aliphatic heterocycles. The number of para-hydroxylation sites is 2. The lowest BCUT2D eigenvalue weighted by Gasteiger charge is -2.34. The molecule has 1 unspecified atom stereocenters. The number of nitrogens with one attached hydrogen (secondary N) is 1. The number of rotatable bonds is 8. The van der Waals surface area contributed by atoms with Crippen molar-refractivity contribution in [2.45, 2.75) is 44.2 Å². The Morgan fingerprint density at radius 1 is 1.11 bits per heavy atom. The average Bonchev–Trinajstić information content (AvgIpc) is 3.29. The number of ether oxygens (including phenoxy) is 1. The van der Waals surface area contributed by atoms with Crippen LogP contribution < -0.4 is 26.4 Å². The zero-order chi connectivity index (χ0) is 26.5. The maximum atomic E-state index is 14.2. The Balaban J connectivity index is 1.87. The van der Waals surface area contributed by atoms with E-state index < -0.39 is 17.9 Å². The van der Waals surface area contributed by atoms with Crippen LogP contribution in [0.4, 0.5) is 11.4 Å². The highest BCUT2D eigenvalue weighted by molar-refractivity contribution is 7.09. The van der Waals surface area contributed by atoms with E-state index >= 15 is 0 Å². The summed E-state index contributed by atoms with van der Waals surface area (Å²) in [6, 6.07) is 12.5. The number of amides is 3. The minimum atomic E-state index is -1.10. The number of benzene rings is 2. The molecule has 1 heterocycles. The van der Waals surface area contributed by atoms with Gasteiger partial charge in [0.2, 0.25) is 5.91 Å². The van der Waals surface area contributed by atoms with Gasteiger partial charge in [0.25, 0.3) is 11.8 Å². The molecule has 4 rings (SSSR count). The number of primary amides is 1. The highest BCUT2D eigenvalue weighted by atomic mass is 35.5. The van der Waals surface area contributed by atoms with E-state index in [-0.39, 0.29) is 28.2 Å². The standard InChI is InChI=1S/C26H28ClN5O4S/c1-36-19-10-6-5-9-18(19)32(26(35)23-20(28)21(24(29)33)31-37-23)22(15-11-13-16(27)14-12-15)25(34)30-17-7-3-2-4-8-17/h5-6,9-14,17,22H,2-4,7-8,28H2,1H3,(H2,29,33)(H,30,34). The molecule has 3 amide bonds. The number of anilines is 2. The summed E-state index contributed by atoms with van der Waals surface area (Å²) in [5.74, 6) is -1.45. The smallest absolute Gasteiger partial charge is 0.273 e. The van der Waals surface area contributed by atoms with Crippen molar-refractivity contribution < 1.29 is 19.1 Å². The first kappa shape index (κ1) is 26.4. The minimum absolute atomic E-state index is 0.000564. The topological polar surface area (TPSA) is 141 Å². The van der Waals surface area contributed by atoms with Crippen LogP contribution in [0, 0.1) is 0 Å². The van der Waals surface area contributed by atoms with Crippen molar-refractivity contribution in [3.63, 3.8) is 0 Å². The third-order valence-corrected chi connectivity index (χ3v) is 7.47. The summed E-state index contributed by atoms with van der Waals surface area (Å²) in [4.78, 5) is 41.2. The number of carbonyl (C=O) groups is 3. The third-order valence-electron chi connectivity index (χ3n) is 6.36. The number of nitrogens with zero attached hydrogens (tertiary/aromatic N) is 2. The Bertz CT molecular complexity index is 1290. The SMILES string of the molecule is COc1ccccc1N(C(=O)c1snc(C(N)=O)c1N)C(C(=O)NC1CCCCC1)c1ccc(Cl)cc1. The lowest BCUT2D eigenvalue weighted by atomic mass is 9.94. The second kappa shape index (κ2) is 11.6. The molecule has 3 aromatic rings. The van der Waals surface area contributed by atoms with Crippen molar-refractivity contribution in [2.75, 3.05) is 17.7 Å². The second-order valence-corrected chi connectivity index (χ2v) is 9.99. The van der Waals surface area contributed by atoms with Gasteiger partial charge < -0.3 is 21.5 Å². The summed E-state index contributed by atoms with van der Waals surface area (Å²) >= 11 is 6.89. The molecule has 1 aliphatic carbocycles. The predicted octanol–water partition coefficient (Wildman–Crippen LogP) is 4.32. The van der Waals surface area contributed by atoms with Gasteiger partial charge in [0.1, 0.15) is 16.7 Å². The van der Waals surface area contributed by atoms with Crippen LogP contribution in [0.25, 0.3) is 0 Å². The fourth-order valence-corrected chi connectivity index (χ4v) is 5.39. The second-order valence-electron chi connectivity index (χ2n) is 8.78. The summed E-state index contributed by atoms with van der Waals surface area (Å²) in [6.07, 6.45) is 4.92. The summed E-state index contributed by atoms with van der Waals surface area (Å²) in [6.45, 7) is 0. The average molecular weight is 542 g/mol.